The molecule has 6 bridgehead atoms. The van der Waals surface area contributed by atoms with E-state index in [4.69, 9.17) is 0 Å². The molecule has 3 heterocycles. The number of carbonyl (C=O) groups is 1. The minimum Gasteiger partial charge on any atom is -0.353 e. The summed E-state index contributed by atoms with van der Waals surface area (Å²) < 4.78 is 0. The van der Waals surface area contributed by atoms with Crippen LogP contribution in [0.15, 0.2) is 17.5 Å². The van der Waals surface area contributed by atoms with E-state index in [1.807, 2.05) is 11.3 Å². The van der Waals surface area contributed by atoms with Crippen LogP contribution in [0.4, 0.5) is 0 Å². The second-order valence-electron chi connectivity index (χ2n) is 10.8. The molecular formula is C24H34N2OS. The smallest absolute Gasteiger partial charge is 0.226 e. The van der Waals surface area contributed by atoms with Crippen LogP contribution in [0.3, 0.4) is 0 Å². The maximum Gasteiger partial charge on any atom is 0.226 e. The minimum absolute atomic E-state index is 0.0119. The number of hydrogen-bond acceptors (Lipinski definition) is 3. The fourth-order valence-corrected chi connectivity index (χ4v) is 8.88. The zero-order chi connectivity index (χ0) is 18.7. The molecule has 6 aliphatic rings. The van der Waals surface area contributed by atoms with Crippen LogP contribution in [0.1, 0.15) is 75.5 Å². The molecule has 3 nitrogen and oxygen atoms in total. The molecule has 4 heteroatoms. The van der Waals surface area contributed by atoms with Gasteiger partial charge in [-0.25, -0.2) is 0 Å². The first-order valence-electron chi connectivity index (χ1n) is 11.8. The molecule has 0 spiro atoms. The topological polar surface area (TPSA) is 32.3 Å². The number of carbonyl (C=O) groups excluding carboxylic acids is 1. The van der Waals surface area contributed by atoms with Gasteiger partial charge < -0.3 is 5.32 Å². The number of nitrogens with one attached hydrogen (secondary N) is 1. The maximum absolute atomic E-state index is 13.5. The van der Waals surface area contributed by atoms with E-state index in [0.717, 1.165) is 24.3 Å². The molecule has 2 saturated heterocycles. The van der Waals surface area contributed by atoms with E-state index >= 15 is 0 Å². The van der Waals surface area contributed by atoms with Gasteiger partial charge in [-0.15, -0.1) is 11.3 Å². The molecule has 4 saturated carbocycles. The van der Waals surface area contributed by atoms with E-state index in [-0.39, 0.29) is 5.41 Å². The van der Waals surface area contributed by atoms with E-state index in [0.29, 0.717) is 24.0 Å². The van der Waals surface area contributed by atoms with Crippen molar-refractivity contribution in [1.82, 2.24) is 10.2 Å². The van der Waals surface area contributed by atoms with Crippen LogP contribution in [-0.2, 0) is 11.3 Å². The van der Waals surface area contributed by atoms with Crippen molar-refractivity contribution in [3.8, 4) is 0 Å². The Hall–Kier alpha value is -0.870. The first-order chi connectivity index (χ1) is 13.7. The average molecular weight is 399 g/mol. The lowest BCUT2D eigenvalue weighted by Crippen LogP contribution is -2.59. The largest absolute Gasteiger partial charge is 0.353 e. The summed E-state index contributed by atoms with van der Waals surface area (Å²) in [5, 5.41) is 5.82. The molecular weight excluding hydrogens is 364 g/mol. The summed E-state index contributed by atoms with van der Waals surface area (Å²) in [5.74, 6) is 3.00. The van der Waals surface area contributed by atoms with Crippen LogP contribution in [0, 0.1) is 23.2 Å². The lowest BCUT2D eigenvalue weighted by Gasteiger charge is -2.56. The van der Waals surface area contributed by atoms with Gasteiger partial charge >= 0.3 is 0 Å². The van der Waals surface area contributed by atoms with Crippen LogP contribution in [-0.4, -0.2) is 28.9 Å². The Kier molecular flexibility index (Phi) is 4.38. The Morgan fingerprint density at radius 1 is 1.04 bits per heavy atom. The molecule has 1 aromatic rings. The number of hydrogen-bond donors (Lipinski definition) is 1. The molecule has 2 atom stereocenters. The minimum atomic E-state index is 0.0119. The van der Waals surface area contributed by atoms with Crippen molar-refractivity contribution in [3.05, 3.63) is 22.4 Å². The van der Waals surface area contributed by atoms with Crippen molar-refractivity contribution < 1.29 is 4.79 Å². The normalized spacial score (nSPS) is 44.6. The van der Waals surface area contributed by atoms with Gasteiger partial charge in [0.05, 0.1) is 0 Å². The molecule has 1 amide bonds. The Morgan fingerprint density at radius 3 is 2.25 bits per heavy atom. The van der Waals surface area contributed by atoms with Gasteiger partial charge in [0.1, 0.15) is 0 Å². The predicted octanol–water partition coefficient (Wildman–Crippen LogP) is 4.97. The highest BCUT2D eigenvalue weighted by Gasteiger charge is 2.55. The van der Waals surface area contributed by atoms with Crippen LogP contribution >= 0.6 is 11.3 Å². The highest BCUT2D eigenvalue weighted by Crippen LogP contribution is 2.60. The van der Waals surface area contributed by atoms with E-state index in [1.54, 1.807) is 0 Å². The fourth-order valence-electron chi connectivity index (χ4n) is 8.16. The van der Waals surface area contributed by atoms with E-state index in [2.05, 4.69) is 27.7 Å². The molecule has 2 unspecified atom stereocenters. The number of piperidine rings is 2. The van der Waals surface area contributed by atoms with Gasteiger partial charge in [-0.05, 0) is 93.4 Å². The Labute approximate surface area is 173 Å². The van der Waals surface area contributed by atoms with E-state index in [9.17, 15) is 4.79 Å². The van der Waals surface area contributed by atoms with E-state index in [1.165, 1.54) is 75.5 Å². The van der Waals surface area contributed by atoms with Gasteiger partial charge in [-0.2, -0.15) is 0 Å². The second kappa shape index (κ2) is 6.84. The molecule has 4 aliphatic carbocycles. The lowest BCUT2D eigenvalue weighted by atomic mass is 9.49. The third-order valence-electron chi connectivity index (χ3n) is 8.90. The standard InChI is InChI=1S/C24H34N2OS/c27-23(24-12-16-7-17(13-24)9-18(8-16)14-24)25-19-10-20-3-1-4-21(11-19)26(20)15-22-5-2-6-28-22/h2,5-6,16-21H,1,3-4,7-15H2,(H,25,27). The maximum atomic E-state index is 13.5. The molecule has 7 rings (SSSR count). The Balaban J connectivity index is 1.14. The van der Waals surface area contributed by atoms with Gasteiger partial charge in [-0.3, -0.25) is 9.69 Å². The summed E-state index contributed by atoms with van der Waals surface area (Å²) in [6, 6.07) is 6.19. The molecule has 2 aliphatic heterocycles. The number of fused-ring (bicyclic) bond motifs is 2. The summed E-state index contributed by atoms with van der Waals surface area (Å²) in [7, 11) is 0. The first-order valence-corrected chi connectivity index (χ1v) is 12.6. The van der Waals surface area contributed by atoms with Crippen molar-refractivity contribution in [3.63, 3.8) is 0 Å². The van der Waals surface area contributed by atoms with Gasteiger partial charge in [0.2, 0.25) is 5.91 Å². The van der Waals surface area contributed by atoms with Gasteiger partial charge in [0, 0.05) is 35.0 Å². The third-order valence-corrected chi connectivity index (χ3v) is 9.76. The van der Waals surface area contributed by atoms with Gasteiger partial charge in [0.25, 0.3) is 0 Å². The van der Waals surface area contributed by atoms with Crippen molar-refractivity contribution in [1.29, 1.82) is 0 Å². The monoisotopic (exact) mass is 398 g/mol. The molecule has 6 fully saturated rings. The van der Waals surface area contributed by atoms with Crippen molar-refractivity contribution in [2.45, 2.75) is 95.3 Å². The number of amides is 1. The SMILES string of the molecule is O=C(NC1CC2CCCC(C1)N2Cc1cccs1)C12CC3CC(CC(C3)C1)C2. The lowest BCUT2D eigenvalue weighted by molar-refractivity contribution is -0.147. The first kappa shape index (κ1) is 17.9. The summed E-state index contributed by atoms with van der Waals surface area (Å²) >= 11 is 1.89. The Morgan fingerprint density at radius 2 is 1.68 bits per heavy atom. The molecule has 0 aromatic carbocycles. The van der Waals surface area contributed by atoms with Gasteiger partial charge in [0.15, 0.2) is 0 Å². The fraction of sp³-hybridized carbons (Fsp3) is 0.792. The van der Waals surface area contributed by atoms with Crippen LogP contribution in [0.25, 0.3) is 0 Å². The molecule has 1 N–H and O–H groups in total. The molecule has 152 valence electrons. The van der Waals surface area contributed by atoms with Crippen molar-refractivity contribution >= 4 is 17.2 Å². The number of thiophene rings is 1. The Bertz CT molecular complexity index is 680. The molecule has 1 aromatic heterocycles. The summed E-state index contributed by atoms with van der Waals surface area (Å²) in [6.45, 7) is 1.11. The summed E-state index contributed by atoms with van der Waals surface area (Å²) in [6.07, 6.45) is 14.1. The zero-order valence-electron chi connectivity index (χ0n) is 16.9. The number of nitrogens with zero attached hydrogens (tertiary/aromatic N) is 1. The zero-order valence-corrected chi connectivity index (χ0v) is 17.8. The summed E-state index contributed by atoms with van der Waals surface area (Å²) in [5.41, 5.74) is 0.0119. The summed E-state index contributed by atoms with van der Waals surface area (Å²) in [4.78, 5) is 17.8. The average Bonchev–Trinajstić information content (AvgIpc) is 3.14. The highest BCUT2D eigenvalue weighted by atomic mass is 32.1. The van der Waals surface area contributed by atoms with Crippen molar-refractivity contribution in [2.24, 2.45) is 23.2 Å². The quantitative estimate of drug-likeness (QED) is 0.777. The predicted molar refractivity (Wildman–Crippen MR) is 113 cm³/mol. The van der Waals surface area contributed by atoms with E-state index < -0.39 is 0 Å². The van der Waals surface area contributed by atoms with Crippen LogP contribution in [0.5, 0.6) is 0 Å². The third kappa shape index (κ3) is 3.06. The molecule has 0 radical (unpaired) electrons. The second-order valence-corrected chi connectivity index (χ2v) is 11.9. The van der Waals surface area contributed by atoms with Crippen LogP contribution in [0.2, 0.25) is 0 Å². The van der Waals surface area contributed by atoms with Crippen LogP contribution < -0.4 is 5.32 Å². The highest BCUT2D eigenvalue weighted by molar-refractivity contribution is 7.09. The molecule has 28 heavy (non-hydrogen) atoms. The van der Waals surface area contributed by atoms with Gasteiger partial charge in [-0.1, -0.05) is 12.5 Å². The van der Waals surface area contributed by atoms with Crippen molar-refractivity contribution in [2.75, 3.05) is 0 Å². The number of rotatable bonds is 4.